The molecule has 0 radical (unpaired) electrons. The van der Waals surface area contributed by atoms with Crippen LogP contribution in [-0.2, 0) is 14.8 Å². The molecule has 0 spiro atoms. The highest BCUT2D eigenvalue weighted by molar-refractivity contribution is 7.89. The van der Waals surface area contributed by atoms with Crippen molar-refractivity contribution in [1.29, 1.82) is 0 Å². The number of sulfonamides is 1. The molecule has 1 heterocycles. The van der Waals surface area contributed by atoms with Crippen LogP contribution in [0.3, 0.4) is 0 Å². The highest BCUT2D eigenvalue weighted by atomic mass is 32.2. The van der Waals surface area contributed by atoms with Gasteiger partial charge in [0, 0.05) is 13.1 Å². The van der Waals surface area contributed by atoms with Gasteiger partial charge in [-0.05, 0) is 43.4 Å². The maximum Gasteiger partial charge on any atom is 0.313 e. The average Bonchev–Trinajstić information content (AvgIpc) is 3.35. The monoisotopic (exact) mass is 371 g/mol. The number of carboxylic acid groups (broad SMARTS) is 1. The highest BCUT2D eigenvalue weighted by Crippen LogP contribution is 2.45. The summed E-state index contributed by atoms with van der Waals surface area (Å²) < 4.78 is 40.6. The van der Waals surface area contributed by atoms with Crippen molar-refractivity contribution in [3.05, 3.63) is 29.6 Å². The van der Waals surface area contributed by atoms with Crippen LogP contribution in [0, 0.1) is 24.1 Å². The third-order valence-electron chi connectivity index (χ3n) is 5.31. The quantitative estimate of drug-likeness (QED) is 0.822. The summed E-state index contributed by atoms with van der Waals surface area (Å²) in [5.74, 6) is -1.59. The van der Waals surface area contributed by atoms with E-state index in [-0.39, 0.29) is 36.7 Å². The first-order chi connectivity index (χ1) is 11.7. The summed E-state index contributed by atoms with van der Waals surface area (Å²) in [6.45, 7) is 1.25. The molecule has 2 N–H and O–H groups in total. The molecule has 1 aliphatic carbocycles. The summed E-state index contributed by atoms with van der Waals surface area (Å²) in [5, 5.41) is 20.1. The smallest absolute Gasteiger partial charge is 0.313 e. The van der Waals surface area contributed by atoms with Gasteiger partial charge in [-0.1, -0.05) is 18.9 Å². The second kappa shape index (κ2) is 6.34. The van der Waals surface area contributed by atoms with E-state index in [0.717, 1.165) is 23.2 Å². The fraction of sp³-hybridized carbons (Fsp3) is 0.588. The third-order valence-corrected chi connectivity index (χ3v) is 7.15. The standard InChI is InChI=1S/C17H22FNO5S/c1-11-2-5-13(8-14(11)18)25(23,24)19-7-6-15(20)17(10-19,16(21)22)9-12-3-4-12/h2,5,8,12,15,20H,3-4,6-7,9-10H2,1H3,(H,21,22)/t15-,17-/m0/s1. The molecular weight excluding hydrogens is 349 g/mol. The van der Waals surface area contributed by atoms with Crippen LogP contribution < -0.4 is 0 Å². The first kappa shape index (κ1) is 18.3. The van der Waals surface area contributed by atoms with Crippen LogP contribution in [0.1, 0.15) is 31.2 Å². The lowest BCUT2D eigenvalue weighted by Crippen LogP contribution is -2.57. The van der Waals surface area contributed by atoms with Crippen molar-refractivity contribution in [2.24, 2.45) is 11.3 Å². The number of hydrogen-bond acceptors (Lipinski definition) is 4. The van der Waals surface area contributed by atoms with E-state index in [1.54, 1.807) is 0 Å². The van der Waals surface area contributed by atoms with Gasteiger partial charge >= 0.3 is 5.97 Å². The Morgan fingerprint density at radius 1 is 1.36 bits per heavy atom. The molecule has 1 aromatic carbocycles. The van der Waals surface area contributed by atoms with Crippen LogP contribution >= 0.6 is 0 Å². The lowest BCUT2D eigenvalue weighted by molar-refractivity contribution is -0.162. The minimum atomic E-state index is -4.03. The lowest BCUT2D eigenvalue weighted by atomic mass is 9.74. The summed E-state index contributed by atoms with van der Waals surface area (Å²) in [4.78, 5) is 11.7. The van der Waals surface area contributed by atoms with Crippen LogP contribution in [0.4, 0.5) is 4.39 Å². The molecule has 0 bridgehead atoms. The Kier molecular flexibility index (Phi) is 4.63. The van der Waals surface area contributed by atoms with E-state index in [1.807, 2.05) is 0 Å². The fourth-order valence-electron chi connectivity index (χ4n) is 3.47. The second-order valence-electron chi connectivity index (χ2n) is 7.16. The first-order valence-corrected chi connectivity index (χ1v) is 9.78. The number of carboxylic acids is 1. The van der Waals surface area contributed by atoms with Crippen molar-refractivity contribution >= 4 is 16.0 Å². The third kappa shape index (κ3) is 3.30. The molecule has 2 aliphatic rings. The van der Waals surface area contributed by atoms with E-state index in [1.165, 1.54) is 19.1 Å². The number of carbonyl (C=O) groups is 1. The SMILES string of the molecule is Cc1ccc(S(=O)(=O)N2CC[C@H](O)[C@@](CC3CC3)(C(=O)O)C2)cc1F. The number of aliphatic hydroxyl groups is 1. The molecule has 0 amide bonds. The van der Waals surface area contributed by atoms with Gasteiger partial charge in [0.2, 0.25) is 10.0 Å². The van der Waals surface area contributed by atoms with E-state index in [2.05, 4.69) is 0 Å². The minimum absolute atomic E-state index is 0.0126. The molecular formula is C17H22FNO5S. The number of halogens is 1. The summed E-state index contributed by atoms with van der Waals surface area (Å²) in [6, 6.07) is 3.66. The Morgan fingerprint density at radius 2 is 2.04 bits per heavy atom. The van der Waals surface area contributed by atoms with Crippen LogP contribution in [0.25, 0.3) is 0 Å². The average molecular weight is 371 g/mol. The molecule has 8 heteroatoms. The zero-order chi connectivity index (χ0) is 18.4. The van der Waals surface area contributed by atoms with Gasteiger partial charge in [-0.25, -0.2) is 12.8 Å². The van der Waals surface area contributed by atoms with Crippen LogP contribution in [0.2, 0.25) is 0 Å². The molecule has 6 nitrogen and oxygen atoms in total. The summed E-state index contributed by atoms with van der Waals surface area (Å²) >= 11 is 0. The van der Waals surface area contributed by atoms with E-state index in [4.69, 9.17) is 0 Å². The molecule has 1 saturated carbocycles. The van der Waals surface area contributed by atoms with Gasteiger partial charge in [0.15, 0.2) is 0 Å². The molecule has 3 rings (SSSR count). The van der Waals surface area contributed by atoms with Crippen LogP contribution in [-0.4, -0.2) is 48.1 Å². The number of benzene rings is 1. The fourth-order valence-corrected chi connectivity index (χ4v) is 5.00. The summed E-state index contributed by atoms with van der Waals surface area (Å²) in [5.41, 5.74) is -1.17. The molecule has 1 saturated heterocycles. The van der Waals surface area contributed by atoms with Crippen molar-refractivity contribution in [2.45, 2.75) is 43.6 Å². The van der Waals surface area contributed by atoms with Crippen molar-refractivity contribution in [2.75, 3.05) is 13.1 Å². The van der Waals surface area contributed by atoms with Gasteiger partial charge in [-0.3, -0.25) is 4.79 Å². The molecule has 0 aromatic heterocycles. The van der Waals surface area contributed by atoms with Gasteiger partial charge in [0.25, 0.3) is 0 Å². The van der Waals surface area contributed by atoms with Gasteiger partial charge in [0.05, 0.1) is 11.0 Å². The Morgan fingerprint density at radius 3 is 2.60 bits per heavy atom. The van der Waals surface area contributed by atoms with Crippen molar-refractivity contribution in [3.63, 3.8) is 0 Å². The number of nitrogens with zero attached hydrogens (tertiary/aromatic N) is 1. The first-order valence-electron chi connectivity index (χ1n) is 8.34. The predicted octanol–water partition coefficient (Wildman–Crippen LogP) is 1.76. The largest absolute Gasteiger partial charge is 0.481 e. The van der Waals surface area contributed by atoms with Crippen molar-refractivity contribution in [3.8, 4) is 0 Å². The number of aliphatic carboxylic acids is 1. The van der Waals surface area contributed by atoms with E-state index < -0.39 is 33.3 Å². The van der Waals surface area contributed by atoms with Gasteiger partial charge in [-0.15, -0.1) is 0 Å². The topological polar surface area (TPSA) is 94.9 Å². The number of hydrogen-bond donors (Lipinski definition) is 2. The molecule has 138 valence electrons. The summed E-state index contributed by atoms with van der Waals surface area (Å²) in [6.07, 6.45) is 1.02. The van der Waals surface area contributed by atoms with E-state index >= 15 is 0 Å². The molecule has 1 aromatic rings. The Balaban J connectivity index is 1.93. The number of piperidine rings is 1. The zero-order valence-corrected chi connectivity index (χ0v) is 14.8. The number of rotatable bonds is 5. The lowest BCUT2D eigenvalue weighted by Gasteiger charge is -2.42. The second-order valence-corrected chi connectivity index (χ2v) is 9.10. The van der Waals surface area contributed by atoms with Gasteiger partial charge in [-0.2, -0.15) is 4.31 Å². The number of aliphatic hydroxyl groups excluding tert-OH is 1. The highest BCUT2D eigenvalue weighted by Gasteiger charge is 2.53. The zero-order valence-electron chi connectivity index (χ0n) is 14.0. The maximum atomic E-state index is 13.8. The molecule has 25 heavy (non-hydrogen) atoms. The van der Waals surface area contributed by atoms with Crippen molar-refractivity contribution in [1.82, 2.24) is 4.31 Å². The molecule has 0 unspecified atom stereocenters. The summed E-state index contributed by atoms with van der Waals surface area (Å²) in [7, 11) is -4.03. The van der Waals surface area contributed by atoms with Crippen molar-refractivity contribution < 1.29 is 27.8 Å². The van der Waals surface area contributed by atoms with E-state index in [0.29, 0.717) is 5.56 Å². The predicted molar refractivity (Wildman–Crippen MR) is 87.9 cm³/mol. The van der Waals surface area contributed by atoms with Crippen LogP contribution in [0.5, 0.6) is 0 Å². The Labute approximate surface area is 146 Å². The van der Waals surface area contributed by atoms with E-state index in [9.17, 15) is 27.8 Å². The molecule has 1 aliphatic heterocycles. The van der Waals surface area contributed by atoms with Gasteiger partial charge in [0.1, 0.15) is 11.2 Å². The minimum Gasteiger partial charge on any atom is -0.481 e. The molecule has 2 atom stereocenters. The molecule has 2 fully saturated rings. The normalized spacial score (nSPS) is 28.0. The Bertz CT molecular complexity index is 792. The van der Waals surface area contributed by atoms with Gasteiger partial charge < -0.3 is 10.2 Å². The Hall–Kier alpha value is -1.51. The maximum absolute atomic E-state index is 13.8. The number of aryl methyl sites for hydroxylation is 1. The van der Waals surface area contributed by atoms with Crippen LogP contribution in [0.15, 0.2) is 23.1 Å².